The second-order valence-electron chi connectivity index (χ2n) is 2.89. The van der Waals surface area contributed by atoms with Gasteiger partial charge in [0, 0.05) is 0 Å². The van der Waals surface area contributed by atoms with Gasteiger partial charge in [0.25, 0.3) is 0 Å². The first kappa shape index (κ1) is 10.7. The summed E-state index contributed by atoms with van der Waals surface area (Å²) in [5, 5.41) is 14.9. The van der Waals surface area contributed by atoms with Crippen LogP contribution in [0.2, 0.25) is 0 Å². The van der Waals surface area contributed by atoms with Crippen LogP contribution in [0.1, 0.15) is 5.82 Å². The van der Waals surface area contributed by atoms with Crippen LogP contribution >= 0.6 is 0 Å². The van der Waals surface area contributed by atoms with Gasteiger partial charge in [-0.2, -0.15) is 13.2 Å². The number of fused-ring (bicyclic) bond motifs is 1. The minimum Gasteiger partial charge on any atom is -0.538 e. The summed E-state index contributed by atoms with van der Waals surface area (Å²) in [5.41, 5.74) is 0.0533. The average molecular weight is 231 g/mol. The second-order valence-corrected chi connectivity index (χ2v) is 2.89. The number of aromatic nitrogens is 3. The van der Waals surface area contributed by atoms with E-state index < -0.39 is 19.7 Å². The van der Waals surface area contributed by atoms with Crippen molar-refractivity contribution in [1.82, 2.24) is 14.6 Å². The summed E-state index contributed by atoms with van der Waals surface area (Å²) in [6, 6.07) is 2.70. The molecule has 16 heavy (non-hydrogen) atoms. The Kier molecular flexibility index (Phi) is 2.46. The van der Waals surface area contributed by atoms with Crippen LogP contribution in [0.3, 0.4) is 0 Å². The summed E-state index contributed by atoms with van der Waals surface area (Å²) in [6.45, 7) is 0. The largest absolute Gasteiger partial charge is 0.538 e. The molecule has 84 valence electrons. The van der Waals surface area contributed by atoms with Gasteiger partial charge in [0.1, 0.15) is 5.75 Å². The average Bonchev–Trinajstić information content (AvgIpc) is 2.60. The Balaban J connectivity index is 2.56. The minimum atomic E-state index is -4.59. The van der Waals surface area contributed by atoms with Gasteiger partial charge in [-0.1, -0.05) is 0 Å². The molecule has 1 N–H and O–H groups in total. The maximum atomic E-state index is 12.5. The summed E-state index contributed by atoms with van der Waals surface area (Å²) >= 11 is 0. The van der Waals surface area contributed by atoms with E-state index >= 15 is 0 Å². The summed E-state index contributed by atoms with van der Waals surface area (Å²) < 4.78 is 42.8. The molecule has 9 heteroatoms. The third-order valence-corrected chi connectivity index (χ3v) is 1.86. The molecule has 5 nitrogen and oxygen atoms in total. The number of nitrogens with zero attached hydrogens (tertiary/aromatic N) is 3. The predicted molar refractivity (Wildman–Crippen MR) is 48.0 cm³/mol. The Bertz CT molecular complexity index is 513. The lowest BCUT2D eigenvalue weighted by atomic mass is 10.3. The van der Waals surface area contributed by atoms with Gasteiger partial charge in [-0.05, 0) is 12.1 Å². The van der Waals surface area contributed by atoms with Crippen molar-refractivity contribution in [2.75, 3.05) is 0 Å². The molecule has 0 spiro atoms. The van der Waals surface area contributed by atoms with E-state index in [1.165, 1.54) is 12.1 Å². The van der Waals surface area contributed by atoms with E-state index in [9.17, 15) is 13.2 Å². The summed E-state index contributed by atoms with van der Waals surface area (Å²) in [6.07, 6.45) is -3.52. The quantitative estimate of drug-likeness (QED) is 0.759. The van der Waals surface area contributed by atoms with Crippen molar-refractivity contribution < 1.29 is 22.8 Å². The number of rotatable bonds is 2. The number of alkyl halides is 3. The van der Waals surface area contributed by atoms with Crippen molar-refractivity contribution in [3.8, 4) is 5.75 Å². The van der Waals surface area contributed by atoms with Gasteiger partial charge in [0.2, 0.25) is 5.82 Å². The van der Waals surface area contributed by atoms with Gasteiger partial charge in [0.05, 0.1) is 6.20 Å². The van der Waals surface area contributed by atoms with E-state index in [1.54, 1.807) is 0 Å². The van der Waals surface area contributed by atoms with Crippen molar-refractivity contribution in [3.63, 3.8) is 0 Å². The topological polar surface area (TPSA) is 59.7 Å². The normalized spacial score (nSPS) is 11.8. The summed E-state index contributed by atoms with van der Waals surface area (Å²) in [4.78, 5) is 0. The number of halogens is 3. The molecule has 0 fully saturated rings. The van der Waals surface area contributed by atoms with Gasteiger partial charge in [-0.3, -0.25) is 4.40 Å². The fourth-order valence-corrected chi connectivity index (χ4v) is 1.22. The zero-order chi connectivity index (χ0) is 11.8. The first-order valence-electron chi connectivity index (χ1n) is 4.18. The van der Waals surface area contributed by atoms with E-state index in [-0.39, 0.29) is 11.4 Å². The van der Waals surface area contributed by atoms with E-state index in [4.69, 9.17) is 5.02 Å². The summed E-state index contributed by atoms with van der Waals surface area (Å²) in [5.74, 6) is -1.04. The van der Waals surface area contributed by atoms with Gasteiger partial charge < -0.3 is 9.68 Å². The van der Waals surface area contributed by atoms with Crippen LogP contribution in [0.15, 0.2) is 18.3 Å². The van der Waals surface area contributed by atoms with E-state index in [2.05, 4.69) is 14.9 Å². The number of pyridine rings is 1. The lowest BCUT2D eigenvalue weighted by Gasteiger charge is -2.05. The fraction of sp³-hybridized carbons (Fsp3) is 0.143. The van der Waals surface area contributed by atoms with Gasteiger partial charge in [-0.25, -0.2) is 0 Å². The van der Waals surface area contributed by atoms with E-state index in [0.717, 1.165) is 10.6 Å². The van der Waals surface area contributed by atoms with Crippen molar-refractivity contribution in [2.45, 2.75) is 6.18 Å². The first-order valence-corrected chi connectivity index (χ1v) is 4.18. The Morgan fingerprint density at radius 3 is 2.69 bits per heavy atom. The zero-order valence-electron chi connectivity index (χ0n) is 7.77. The molecule has 2 aromatic heterocycles. The van der Waals surface area contributed by atoms with Gasteiger partial charge >= 0.3 is 13.9 Å². The molecule has 0 atom stereocenters. The maximum Gasteiger partial charge on any atom is 0.504 e. The zero-order valence-corrected chi connectivity index (χ0v) is 7.77. The molecule has 0 saturated heterocycles. The Hall–Kier alpha value is -1.77. The Morgan fingerprint density at radius 1 is 1.31 bits per heavy atom. The predicted octanol–water partition coefficient (Wildman–Crippen LogP) is 0.386. The number of hydrogen-bond acceptors (Lipinski definition) is 4. The van der Waals surface area contributed by atoms with E-state index in [1.807, 2.05) is 0 Å². The molecule has 0 aliphatic rings. The molecule has 0 unspecified atom stereocenters. The van der Waals surface area contributed by atoms with Crippen molar-refractivity contribution >= 4 is 13.3 Å². The monoisotopic (exact) mass is 231 g/mol. The third kappa shape index (κ3) is 1.81. The Morgan fingerprint density at radius 2 is 2.06 bits per heavy atom. The number of hydrogen-bond donors (Lipinski definition) is 1. The van der Waals surface area contributed by atoms with Crippen LogP contribution in [-0.4, -0.2) is 27.3 Å². The lowest BCUT2D eigenvalue weighted by Crippen LogP contribution is -2.11. The molecule has 2 heterocycles. The van der Waals surface area contributed by atoms with Gasteiger partial charge in [-0.15, -0.1) is 10.2 Å². The van der Waals surface area contributed by atoms with Crippen molar-refractivity contribution in [1.29, 1.82) is 0 Å². The second kappa shape index (κ2) is 3.67. The molecule has 2 rings (SSSR count). The third-order valence-electron chi connectivity index (χ3n) is 1.86. The molecule has 0 aromatic carbocycles. The molecule has 0 aliphatic heterocycles. The molecule has 0 saturated carbocycles. The maximum absolute atomic E-state index is 12.5. The van der Waals surface area contributed by atoms with E-state index in [0.29, 0.717) is 0 Å². The molecule has 2 aromatic rings. The standard InChI is InChI=1S/C7H5BF3N3O2/c9-7(10,11)6-13-12-5-2-1-4(16-8-15)3-14(5)6/h1-3,8,15H. The van der Waals surface area contributed by atoms with Crippen LogP contribution in [0.5, 0.6) is 5.75 Å². The Labute approximate surface area is 87.8 Å². The highest BCUT2D eigenvalue weighted by molar-refractivity contribution is 6.17. The highest BCUT2D eigenvalue weighted by Crippen LogP contribution is 2.28. The van der Waals surface area contributed by atoms with Crippen LogP contribution in [-0.2, 0) is 6.18 Å². The van der Waals surface area contributed by atoms with Gasteiger partial charge in [0.15, 0.2) is 5.65 Å². The van der Waals surface area contributed by atoms with Crippen LogP contribution in [0.4, 0.5) is 13.2 Å². The highest BCUT2D eigenvalue weighted by Gasteiger charge is 2.36. The van der Waals surface area contributed by atoms with Crippen molar-refractivity contribution in [2.24, 2.45) is 0 Å². The molecule has 0 aliphatic carbocycles. The molecule has 0 radical (unpaired) electrons. The fourth-order valence-electron chi connectivity index (χ4n) is 1.22. The molecular formula is C7H5BF3N3O2. The van der Waals surface area contributed by atoms with Crippen molar-refractivity contribution in [3.05, 3.63) is 24.2 Å². The SMILES string of the molecule is OBOc1ccc2nnc(C(F)(F)F)n2c1. The minimum absolute atomic E-state index is 0.0533. The first-order chi connectivity index (χ1) is 7.52. The van der Waals surface area contributed by atoms with Crippen LogP contribution < -0.4 is 4.65 Å². The summed E-state index contributed by atoms with van der Waals surface area (Å²) in [7, 11) is -0.616. The lowest BCUT2D eigenvalue weighted by molar-refractivity contribution is -0.145. The highest BCUT2D eigenvalue weighted by atomic mass is 19.4. The van der Waals surface area contributed by atoms with Crippen LogP contribution in [0, 0.1) is 0 Å². The molecule has 0 bridgehead atoms. The van der Waals surface area contributed by atoms with Crippen LogP contribution in [0.25, 0.3) is 5.65 Å². The molecular weight excluding hydrogens is 226 g/mol. The molecule has 0 amide bonds. The smallest absolute Gasteiger partial charge is 0.504 e.